The number of rotatable bonds is 4. The lowest BCUT2D eigenvalue weighted by Gasteiger charge is -2.32. The summed E-state index contributed by atoms with van der Waals surface area (Å²) < 4.78 is 5.85. The van der Waals surface area contributed by atoms with Crippen molar-refractivity contribution in [2.24, 2.45) is 0 Å². The number of ether oxygens (including phenoxy) is 1. The molecule has 0 radical (unpaired) electrons. The minimum Gasteiger partial charge on any atom is -0.458 e. The zero-order valence-corrected chi connectivity index (χ0v) is 15.4. The molecule has 3 rings (SSSR count). The highest BCUT2D eigenvalue weighted by atomic mass is 35.5. The summed E-state index contributed by atoms with van der Waals surface area (Å²) >= 11 is 12.1. The van der Waals surface area contributed by atoms with Crippen LogP contribution in [0.25, 0.3) is 0 Å². The van der Waals surface area contributed by atoms with E-state index in [0.717, 1.165) is 24.8 Å². The van der Waals surface area contributed by atoms with Gasteiger partial charge in [0.1, 0.15) is 6.10 Å². The number of halogens is 2. The molecule has 1 aromatic carbocycles. The number of likely N-dealkylation sites (tertiary alicyclic amines) is 1. The zero-order valence-electron chi connectivity index (χ0n) is 13.9. The molecule has 0 spiro atoms. The zero-order chi connectivity index (χ0) is 17.8. The second-order valence-corrected chi connectivity index (χ2v) is 6.83. The molecule has 1 aliphatic heterocycles. The molecule has 1 amide bonds. The fraction of sp³-hybridized carbons (Fsp3) is 0.389. The summed E-state index contributed by atoms with van der Waals surface area (Å²) in [5.41, 5.74) is 1.47. The van der Waals surface area contributed by atoms with E-state index in [1.54, 1.807) is 35.5 Å². The van der Waals surface area contributed by atoms with Gasteiger partial charge in [0.15, 0.2) is 0 Å². The highest BCUT2D eigenvalue weighted by molar-refractivity contribution is 6.35. The van der Waals surface area contributed by atoms with Crippen molar-refractivity contribution in [3.8, 4) is 6.01 Å². The summed E-state index contributed by atoms with van der Waals surface area (Å²) in [5.74, 6) is -0.136. The Labute approximate surface area is 156 Å². The number of carbonyl (C=O) groups excluding carboxylic acids is 1. The Bertz CT molecular complexity index is 752. The first-order chi connectivity index (χ1) is 12.1. The van der Waals surface area contributed by atoms with Gasteiger partial charge < -0.3 is 9.64 Å². The van der Waals surface area contributed by atoms with Crippen LogP contribution in [0.1, 0.15) is 35.7 Å². The van der Waals surface area contributed by atoms with Gasteiger partial charge in [0.25, 0.3) is 5.91 Å². The smallest absolute Gasteiger partial charge is 0.316 e. The van der Waals surface area contributed by atoms with Crippen molar-refractivity contribution >= 4 is 29.1 Å². The quantitative estimate of drug-likeness (QED) is 0.804. The van der Waals surface area contributed by atoms with Crippen LogP contribution >= 0.6 is 23.2 Å². The van der Waals surface area contributed by atoms with E-state index in [0.29, 0.717) is 34.7 Å². The molecule has 132 valence electrons. The van der Waals surface area contributed by atoms with E-state index in [9.17, 15) is 4.79 Å². The Hall–Kier alpha value is -1.85. The van der Waals surface area contributed by atoms with E-state index in [1.807, 2.05) is 6.92 Å². The highest BCUT2D eigenvalue weighted by Gasteiger charge is 2.27. The fourth-order valence-electron chi connectivity index (χ4n) is 2.79. The molecular formula is C18H19Cl2N3O2. The Kier molecular flexibility index (Phi) is 5.76. The number of amides is 1. The van der Waals surface area contributed by atoms with E-state index in [1.165, 1.54) is 0 Å². The highest BCUT2D eigenvalue weighted by Crippen LogP contribution is 2.24. The topological polar surface area (TPSA) is 55.3 Å². The second-order valence-electron chi connectivity index (χ2n) is 5.98. The van der Waals surface area contributed by atoms with Gasteiger partial charge in [-0.3, -0.25) is 4.79 Å². The van der Waals surface area contributed by atoms with E-state index in [4.69, 9.17) is 27.9 Å². The molecule has 1 fully saturated rings. The Balaban J connectivity index is 1.67. The number of hydrogen-bond donors (Lipinski definition) is 0. The van der Waals surface area contributed by atoms with Gasteiger partial charge in [0.05, 0.1) is 17.1 Å². The van der Waals surface area contributed by atoms with Crippen LogP contribution in [0.4, 0.5) is 0 Å². The van der Waals surface area contributed by atoms with Gasteiger partial charge in [0.2, 0.25) is 0 Å². The first-order valence-corrected chi connectivity index (χ1v) is 9.04. The molecule has 0 N–H and O–H groups in total. The number of carbonyl (C=O) groups is 1. The summed E-state index contributed by atoms with van der Waals surface area (Å²) in [6, 6.07) is 5.25. The first-order valence-electron chi connectivity index (χ1n) is 8.28. The van der Waals surface area contributed by atoms with Crippen molar-refractivity contribution in [2.75, 3.05) is 13.1 Å². The number of piperidine rings is 1. The summed E-state index contributed by atoms with van der Waals surface area (Å²) in [4.78, 5) is 22.9. The summed E-state index contributed by atoms with van der Waals surface area (Å²) in [6.45, 7) is 3.18. The van der Waals surface area contributed by atoms with Gasteiger partial charge in [-0.15, -0.1) is 0 Å². The predicted octanol–water partition coefficient (Wildman–Crippen LogP) is 4.03. The van der Waals surface area contributed by atoms with E-state index < -0.39 is 0 Å². The molecule has 7 heteroatoms. The van der Waals surface area contributed by atoms with Crippen molar-refractivity contribution in [2.45, 2.75) is 32.3 Å². The molecule has 0 saturated carbocycles. The molecule has 1 saturated heterocycles. The molecular weight excluding hydrogens is 361 g/mol. The summed E-state index contributed by atoms with van der Waals surface area (Å²) in [5, 5.41) is 0.887. The molecule has 1 atom stereocenters. The van der Waals surface area contributed by atoms with Gasteiger partial charge in [0, 0.05) is 24.0 Å². The van der Waals surface area contributed by atoms with Crippen molar-refractivity contribution in [1.82, 2.24) is 14.9 Å². The van der Waals surface area contributed by atoms with E-state index in [-0.39, 0.29) is 12.0 Å². The van der Waals surface area contributed by atoms with Gasteiger partial charge in [-0.05, 0) is 43.0 Å². The standard InChI is InChI=1S/C18H19Cl2N3O2/c1-2-12-9-21-18(22-10-12)25-14-4-3-7-23(11-14)17(24)15-8-13(19)5-6-16(15)20/h5-6,8-10,14H,2-4,7,11H2,1H3. The average molecular weight is 380 g/mol. The fourth-order valence-corrected chi connectivity index (χ4v) is 3.16. The Morgan fingerprint density at radius 3 is 2.80 bits per heavy atom. The third-order valence-electron chi connectivity index (χ3n) is 4.19. The van der Waals surface area contributed by atoms with Crippen LogP contribution in [0.15, 0.2) is 30.6 Å². The van der Waals surface area contributed by atoms with Crippen LogP contribution in [0.3, 0.4) is 0 Å². The van der Waals surface area contributed by atoms with Crippen molar-refractivity contribution < 1.29 is 9.53 Å². The molecule has 2 aromatic rings. The van der Waals surface area contributed by atoms with Crippen LogP contribution in [0, 0.1) is 0 Å². The molecule has 0 aliphatic carbocycles. The Morgan fingerprint density at radius 2 is 2.08 bits per heavy atom. The van der Waals surface area contributed by atoms with E-state index >= 15 is 0 Å². The maximum Gasteiger partial charge on any atom is 0.316 e. The van der Waals surface area contributed by atoms with Gasteiger partial charge in [-0.1, -0.05) is 30.1 Å². The minimum atomic E-state index is -0.136. The number of aryl methyl sites for hydroxylation is 1. The minimum absolute atomic E-state index is 0.136. The third kappa shape index (κ3) is 4.41. The van der Waals surface area contributed by atoms with Gasteiger partial charge in [-0.2, -0.15) is 0 Å². The maximum atomic E-state index is 12.8. The third-order valence-corrected chi connectivity index (χ3v) is 4.75. The maximum absolute atomic E-state index is 12.8. The van der Waals surface area contributed by atoms with Crippen LogP contribution in [0.2, 0.25) is 10.0 Å². The summed E-state index contributed by atoms with van der Waals surface area (Å²) in [6.07, 6.45) is 5.97. The number of benzene rings is 1. The van der Waals surface area contributed by atoms with Crippen LogP contribution in [-0.2, 0) is 6.42 Å². The lowest BCUT2D eigenvalue weighted by Crippen LogP contribution is -2.44. The number of aromatic nitrogens is 2. The molecule has 25 heavy (non-hydrogen) atoms. The SMILES string of the molecule is CCc1cnc(OC2CCCN(C(=O)c3cc(Cl)ccc3Cl)C2)nc1. The summed E-state index contributed by atoms with van der Waals surface area (Å²) in [7, 11) is 0. The number of hydrogen-bond acceptors (Lipinski definition) is 4. The molecule has 5 nitrogen and oxygen atoms in total. The molecule has 1 unspecified atom stereocenters. The van der Waals surface area contributed by atoms with Crippen LogP contribution in [0.5, 0.6) is 6.01 Å². The van der Waals surface area contributed by atoms with Crippen molar-refractivity contribution in [3.63, 3.8) is 0 Å². The molecule has 1 aromatic heterocycles. The first kappa shape index (κ1) is 18.0. The van der Waals surface area contributed by atoms with Gasteiger partial charge in [-0.25, -0.2) is 9.97 Å². The normalized spacial score (nSPS) is 17.4. The van der Waals surface area contributed by atoms with Crippen LogP contribution < -0.4 is 4.74 Å². The largest absolute Gasteiger partial charge is 0.458 e. The van der Waals surface area contributed by atoms with Crippen molar-refractivity contribution in [1.29, 1.82) is 0 Å². The molecule has 2 heterocycles. The second kappa shape index (κ2) is 8.02. The lowest BCUT2D eigenvalue weighted by molar-refractivity contribution is 0.0516. The predicted molar refractivity (Wildman–Crippen MR) is 97.4 cm³/mol. The average Bonchev–Trinajstić information content (AvgIpc) is 2.64. The van der Waals surface area contributed by atoms with Crippen molar-refractivity contribution in [3.05, 3.63) is 51.8 Å². The van der Waals surface area contributed by atoms with Gasteiger partial charge >= 0.3 is 6.01 Å². The Morgan fingerprint density at radius 1 is 1.32 bits per heavy atom. The van der Waals surface area contributed by atoms with Crippen LogP contribution in [-0.4, -0.2) is 40.0 Å². The monoisotopic (exact) mass is 379 g/mol. The molecule has 1 aliphatic rings. The van der Waals surface area contributed by atoms with E-state index in [2.05, 4.69) is 9.97 Å². The number of nitrogens with zero attached hydrogens (tertiary/aromatic N) is 3. The lowest BCUT2D eigenvalue weighted by atomic mass is 10.1. The molecule has 0 bridgehead atoms.